The van der Waals surface area contributed by atoms with Crippen molar-refractivity contribution in [3.63, 3.8) is 0 Å². The number of amides is 1. The van der Waals surface area contributed by atoms with Crippen molar-refractivity contribution in [1.29, 1.82) is 0 Å². The lowest BCUT2D eigenvalue weighted by Gasteiger charge is -2.28. The highest BCUT2D eigenvalue weighted by atomic mass is 32.1. The Morgan fingerprint density at radius 3 is 2.25 bits per heavy atom. The Morgan fingerprint density at radius 2 is 1.62 bits per heavy atom. The predicted molar refractivity (Wildman–Crippen MR) is 128 cm³/mol. The first-order valence-corrected chi connectivity index (χ1v) is 11.8. The number of rotatable bonds is 6. The lowest BCUT2D eigenvalue weighted by molar-refractivity contribution is 0.0187. The Bertz CT molecular complexity index is 1010. The van der Waals surface area contributed by atoms with Crippen LogP contribution in [0.15, 0.2) is 65.4 Å². The molecule has 3 aromatic rings. The van der Waals surface area contributed by atoms with Crippen molar-refractivity contribution in [2.24, 2.45) is 0 Å². The SMILES string of the molecule is CC(C)(C)OC(=O)N1CCCC1COc1ccc(Oc2ccc(-c3ccsc3)cc2)cc1. The minimum absolute atomic E-state index is 0.0301. The Labute approximate surface area is 193 Å². The molecule has 1 fully saturated rings. The molecule has 5 nitrogen and oxygen atoms in total. The van der Waals surface area contributed by atoms with Gasteiger partial charge in [-0.15, -0.1) is 0 Å². The molecule has 0 spiro atoms. The molecule has 2 heterocycles. The van der Waals surface area contributed by atoms with Crippen LogP contribution in [0.5, 0.6) is 17.2 Å². The summed E-state index contributed by atoms with van der Waals surface area (Å²) in [5.41, 5.74) is 1.90. The van der Waals surface area contributed by atoms with Gasteiger partial charge in [0.2, 0.25) is 0 Å². The van der Waals surface area contributed by atoms with Crippen LogP contribution in [-0.2, 0) is 4.74 Å². The van der Waals surface area contributed by atoms with Crippen LogP contribution >= 0.6 is 11.3 Å². The number of thiophene rings is 1. The van der Waals surface area contributed by atoms with Crippen LogP contribution < -0.4 is 9.47 Å². The van der Waals surface area contributed by atoms with Crippen LogP contribution in [0.3, 0.4) is 0 Å². The molecule has 1 aliphatic rings. The predicted octanol–water partition coefficient (Wildman–Crippen LogP) is 6.99. The normalized spacial score (nSPS) is 16.1. The Hall–Kier alpha value is -2.99. The molecule has 2 aromatic carbocycles. The summed E-state index contributed by atoms with van der Waals surface area (Å²) < 4.78 is 17.4. The largest absolute Gasteiger partial charge is 0.491 e. The molecular formula is C26H29NO4S. The zero-order valence-corrected chi connectivity index (χ0v) is 19.6. The van der Waals surface area contributed by atoms with E-state index >= 15 is 0 Å². The third-order valence-corrected chi connectivity index (χ3v) is 5.90. The molecule has 1 aromatic heterocycles. The highest BCUT2D eigenvalue weighted by Gasteiger charge is 2.32. The van der Waals surface area contributed by atoms with Crippen molar-refractivity contribution in [2.45, 2.75) is 45.3 Å². The van der Waals surface area contributed by atoms with Crippen molar-refractivity contribution in [3.05, 3.63) is 65.4 Å². The maximum Gasteiger partial charge on any atom is 0.410 e. The Morgan fingerprint density at radius 1 is 0.969 bits per heavy atom. The van der Waals surface area contributed by atoms with E-state index in [1.54, 1.807) is 16.2 Å². The summed E-state index contributed by atoms with van der Waals surface area (Å²) in [6.07, 6.45) is 1.62. The minimum Gasteiger partial charge on any atom is -0.491 e. The van der Waals surface area contributed by atoms with Crippen molar-refractivity contribution >= 4 is 17.4 Å². The number of hydrogen-bond donors (Lipinski definition) is 0. The van der Waals surface area contributed by atoms with E-state index in [0.29, 0.717) is 13.2 Å². The number of carbonyl (C=O) groups excluding carboxylic acids is 1. The molecule has 1 unspecified atom stereocenters. The first-order chi connectivity index (χ1) is 15.4. The standard InChI is InChI=1S/C26H29NO4S/c1-26(2,3)31-25(28)27-15-4-5-21(27)17-29-22-10-12-24(13-11-22)30-23-8-6-19(7-9-23)20-14-16-32-18-20/h6-14,16,18,21H,4-5,15,17H2,1-3H3. The van der Waals surface area contributed by atoms with Crippen molar-refractivity contribution in [3.8, 4) is 28.4 Å². The smallest absolute Gasteiger partial charge is 0.410 e. The molecule has 32 heavy (non-hydrogen) atoms. The van der Waals surface area contributed by atoms with E-state index in [1.807, 2.05) is 57.2 Å². The molecule has 0 radical (unpaired) electrons. The highest BCUT2D eigenvalue weighted by Crippen LogP contribution is 2.28. The second kappa shape index (κ2) is 9.65. The van der Waals surface area contributed by atoms with Gasteiger partial charge in [0.1, 0.15) is 29.5 Å². The van der Waals surface area contributed by atoms with E-state index in [-0.39, 0.29) is 12.1 Å². The summed E-state index contributed by atoms with van der Waals surface area (Å²) in [7, 11) is 0. The molecule has 0 saturated carbocycles. The number of nitrogens with zero attached hydrogens (tertiary/aromatic N) is 1. The summed E-state index contributed by atoms with van der Waals surface area (Å²) in [5.74, 6) is 2.29. The number of likely N-dealkylation sites (tertiary alicyclic amines) is 1. The minimum atomic E-state index is -0.495. The second-order valence-electron chi connectivity index (χ2n) is 8.89. The van der Waals surface area contributed by atoms with Crippen LogP contribution in [0.4, 0.5) is 4.79 Å². The molecule has 0 aliphatic carbocycles. The summed E-state index contributed by atoms with van der Waals surface area (Å²) in [6.45, 7) is 6.81. The monoisotopic (exact) mass is 451 g/mol. The summed E-state index contributed by atoms with van der Waals surface area (Å²) in [6, 6.07) is 17.8. The van der Waals surface area contributed by atoms with Gasteiger partial charge in [0.25, 0.3) is 0 Å². The van der Waals surface area contributed by atoms with Gasteiger partial charge >= 0.3 is 6.09 Å². The summed E-state index contributed by atoms with van der Waals surface area (Å²) in [4.78, 5) is 14.2. The van der Waals surface area contributed by atoms with Gasteiger partial charge in [-0.1, -0.05) is 12.1 Å². The fourth-order valence-electron chi connectivity index (χ4n) is 3.65. The van der Waals surface area contributed by atoms with Crippen molar-refractivity contribution < 1.29 is 19.0 Å². The van der Waals surface area contributed by atoms with Crippen LogP contribution in [0, 0.1) is 0 Å². The van der Waals surface area contributed by atoms with E-state index in [9.17, 15) is 4.79 Å². The van der Waals surface area contributed by atoms with Gasteiger partial charge in [0, 0.05) is 6.54 Å². The topological polar surface area (TPSA) is 48.0 Å². The van der Waals surface area contributed by atoms with Gasteiger partial charge in [-0.05, 0) is 98.0 Å². The van der Waals surface area contributed by atoms with Gasteiger partial charge in [-0.2, -0.15) is 11.3 Å². The summed E-state index contributed by atoms with van der Waals surface area (Å²) in [5, 5.41) is 4.21. The number of ether oxygens (including phenoxy) is 3. The van der Waals surface area contributed by atoms with Crippen molar-refractivity contribution in [1.82, 2.24) is 4.90 Å². The van der Waals surface area contributed by atoms with Crippen LogP contribution in [0.25, 0.3) is 11.1 Å². The van der Waals surface area contributed by atoms with E-state index < -0.39 is 5.60 Å². The molecule has 168 valence electrons. The van der Waals surface area contributed by atoms with Gasteiger partial charge < -0.3 is 19.1 Å². The van der Waals surface area contributed by atoms with E-state index in [4.69, 9.17) is 14.2 Å². The lowest BCUT2D eigenvalue weighted by atomic mass is 10.1. The Balaban J connectivity index is 1.30. The van der Waals surface area contributed by atoms with E-state index in [0.717, 1.165) is 30.1 Å². The molecule has 1 aliphatic heterocycles. The number of hydrogen-bond acceptors (Lipinski definition) is 5. The average molecular weight is 452 g/mol. The van der Waals surface area contributed by atoms with Gasteiger partial charge in [-0.25, -0.2) is 4.79 Å². The first-order valence-electron chi connectivity index (χ1n) is 10.9. The molecule has 0 N–H and O–H groups in total. The quantitative estimate of drug-likeness (QED) is 0.405. The third-order valence-electron chi connectivity index (χ3n) is 5.22. The van der Waals surface area contributed by atoms with Gasteiger partial charge in [-0.3, -0.25) is 0 Å². The number of benzene rings is 2. The Kier molecular flexibility index (Phi) is 6.70. The molecular weight excluding hydrogens is 422 g/mol. The molecule has 1 saturated heterocycles. The van der Waals surface area contributed by atoms with E-state index in [2.05, 4.69) is 29.0 Å². The zero-order chi connectivity index (χ0) is 22.6. The highest BCUT2D eigenvalue weighted by molar-refractivity contribution is 7.08. The maximum absolute atomic E-state index is 12.4. The van der Waals surface area contributed by atoms with E-state index in [1.165, 1.54) is 11.1 Å². The first kappa shape index (κ1) is 22.2. The average Bonchev–Trinajstić information content (AvgIpc) is 3.45. The number of carbonyl (C=O) groups is 1. The van der Waals surface area contributed by atoms with Gasteiger partial charge in [0.05, 0.1) is 6.04 Å². The summed E-state index contributed by atoms with van der Waals surface area (Å²) >= 11 is 1.69. The molecule has 1 amide bonds. The molecule has 1 atom stereocenters. The van der Waals surface area contributed by atoms with Crippen LogP contribution in [0.2, 0.25) is 0 Å². The van der Waals surface area contributed by atoms with Crippen LogP contribution in [-0.4, -0.2) is 35.8 Å². The fraction of sp³-hybridized carbons (Fsp3) is 0.346. The molecule has 4 rings (SSSR count). The lowest BCUT2D eigenvalue weighted by Crippen LogP contribution is -2.42. The van der Waals surface area contributed by atoms with Gasteiger partial charge in [0.15, 0.2) is 0 Å². The second-order valence-corrected chi connectivity index (χ2v) is 9.67. The maximum atomic E-state index is 12.4. The molecule has 0 bridgehead atoms. The van der Waals surface area contributed by atoms with Crippen LogP contribution in [0.1, 0.15) is 33.6 Å². The fourth-order valence-corrected chi connectivity index (χ4v) is 4.31. The van der Waals surface area contributed by atoms with Crippen molar-refractivity contribution in [2.75, 3.05) is 13.2 Å². The molecule has 6 heteroatoms. The zero-order valence-electron chi connectivity index (χ0n) is 18.7. The third kappa shape index (κ3) is 5.82.